The molecule has 0 unspecified atom stereocenters. The van der Waals surface area contributed by atoms with E-state index >= 15 is 0 Å². The number of nitrogens with one attached hydrogen (secondary N) is 3. The number of methoxy groups -OCH3 is 1. The maximum absolute atomic E-state index is 13.0. The molecule has 4 rings (SSSR count). The summed E-state index contributed by atoms with van der Waals surface area (Å²) in [6.45, 7) is 0.468. The zero-order chi connectivity index (χ0) is 24.1. The molecular formula is C25H24ClN3O4S. The lowest BCUT2D eigenvalue weighted by atomic mass is 10.1. The number of ether oxygens (including phenoxy) is 1. The number of fused-ring (bicyclic) bond motifs is 1. The van der Waals surface area contributed by atoms with Gasteiger partial charge in [0.2, 0.25) is 0 Å². The highest BCUT2D eigenvalue weighted by molar-refractivity contribution is 7.92. The van der Waals surface area contributed by atoms with Gasteiger partial charge in [0.1, 0.15) is 5.75 Å². The first kappa shape index (κ1) is 23.7. The molecule has 7 nitrogen and oxygen atoms in total. The van der Waals surface area contributed by atoms with Gasteiger partial charge in [0.25, 0.3) is 15.9 Å². The average molecular weight is 498 g/mol. The number of hydrogen-bond acceptors (Lipinski definition) is 4. The number of H-pyrrole nitrogens is 1. The van der Waals surface area contributed by atoms with Crippen LogP contribution in [0.15, 0.2) is 77.8 Å². The van der Waals surface area contributed by atoms with Crippen molar-refractivity contribution in [2.75, 3.05) is 18.4 Å². The minimum atomic E-state index is -3.92. The minimum absolute atomic E-state index is 0.00645. The van der Waals surface area contributed by atoms with Crippen LogP contribution in [0.1, 0.15) is 22.3 Å². The van der Waals surface area contributed by atoms with Crippen LogP contribution in [0.2, 0.25) is 5.02 Å². The van der Waals surface area contributed by atoms with Gasteiger partial charge in [-0.1, -0.05) is 41.9 Å². The monoisotopic (exact) mass is 497 g/mol. The number of halogens is 1. The van der Waals surface area contributed by atoms with Crippen molar-refractivity contribution in [1.29, 1.82) is 0 Å². The van der Waals surface area contributed by atoms with Crippen LogP contribution in [0, 0.1) is 0 Å². The van der Waals surface area contributed by atoms with Crippen LogP contribution in [0.4, 0.5) is 5.69 Å². The summed E-state index contributed by atoms with van der Waals surface area (Å²) in [5, 5.41) is 4.06. The third-order valence-corrected chi connectivity index (χ3v) is 7.08. The van der Waals surface area contributed by atoms with Gasteiger partial charge < -0.3 is 15.0 Å². The van der Waals surface area contributed by atoms with Crippen molar-refractivity contribution < 1.29 is 17.9 Å². The molecule has 0 saturated heterocycles. The molecule has 1 heterocycles. The van der Waals surface area contributed by atoms with E-state index in [2.05, 4.69) is 15.0 Å². The van der Waals surface area contributed by atoms with E-state index in [1.807, 2.05) is 24.3 Å². The van der Waals surface area contributed by atoms with Crippen LogP contribution < -0.4 is 14.8 Å². The molecule has 0 atom stereocenters. The lowest BCUT2D eigenvalue weighted by Gasteiger charge is -2.11. The van der Waals surface area contributed by atoms with E-state index in [-0.39, 0.29) is 16.4 Å². The summed E-state index contributed by atoms with van der Waals surface area (Å²) in [7, 11) is -2.30. The molecule has 0 saturated carbocycles. The summed E-state index contributed by atoms with van der Waals surface area (Å²) < 4.78 is 33.7. The predicted octanol–water partition coefficient (Wildman–Crippen LogP) is 4.99. The topological polar surface area (TPSA) is 100 Å². The lowest BCUT2D eigenvalue weighted by Crippen LogP contribution is -2.25. The Labute approximate surface area is 203 Å². The maximum Gasteiger partial charge on any atom is 0.261 e. The van der Waals surface area contributed by atoms with E-state index in [4.69, 9.17) is 16.3 Å². The highest BCUT2D eigenvalue weighted by atomic mass is 35.5. The smallest absolute Gasteiger partial charge is 0.261 e. The molecule has 0 aliphatic rings. The Morgan fingerprint density at radius 2 is 1.82 bits per heavy atom. The number of carbonyl (C=O) groups is 1. The summed E-state index contributed by atoms with van der Waals surface area (Å²) >= 11 is 6.13. The average Bonchev–Trinajstić information content (AvgIpc) is 3.24. The number of amides is 1. The Morgan fingerprint density at radius 3 is 2.59 bits per heavy atom. The molecule has 0 bridgehead atoms. The fourth-order valence-corrected chi connectivity index (χ4v) is 4.93. The van der Waals surface area contributed by atoms with E-state index in [0.29, 0.717) is 28.2 Å². The SMILES string of the molecule is COc1ccc(CCCNC(=O)c2cccc(S(=O)(=O)Nc3cccc4c(Cl)c[nH]c34)c2)cc1. The molecule has 1 amide bonds. The third-order valence-electron chi connectivity index (χ3n) is 5.40. The number of rotatable bonds is 9. The minimum Gasteiger partial charge on any atom is -0.497 e. The van der Waals surface area contributed by atoms with Crippen LogP contribution in [-0.2, 0) is 16.4 Å². The molecule has 0 radical (unpaired) electrons. The Kier molecular flexibility index (Phi) is 7.09. The van der Waals surface area contributed by atoms with E-state index < -0.39 is 10.0 Å². The second-order valence-electron chi connectivity index (χ2n) is 7.71. The number of aromatic nitrogens is 1. The van der Waals surface area contributed by atoms with E-state index in [1.165, 1.54) is 12.1 Å². The molecule has 3 N–H and O–H groups in total. The number of sulfonamides is 1. The van der Waals surface area contributed by atoms with Crippen LogP contribution in [0.5, 0.6) is 5.75 Å². The fraction of sp³-hybridized carbons (Fsp3) is 0.160. The molecule has 34 heavy (non-hydrogen) atoms. The summed E-state index contributed by atoms with van der Waals surface area (Å²) in [4.78, 5) is 15.6. The number of hydrogen-bond donors (Lipinski definition) is 3. The lowest BCUT2D eigenvalue weighted by molar-refractivity contribution is 0.0953. The summed E-state index contributed by atoms with van der Waals surface area (Å²) in [5.74, 6) is 0.472. The molecule has 0 aliphatic heterocycles. The molecule has 3 aromatic carbocycles. The Hall–Kier alpha value is -3.49. The fourth-order valence-electron chi connectivity index (χ4n) is 3.60. The number of benzene rings is 3. The number of carbonyl (C=O) groups excluding carboxylic acids is 1. The first-order valence-corrected chi connectivity index (χ1v) is 12.5. The third kappa shape index (κ3) is 5.35. The van der Waals surface area contributed by atoms with Gasteiger partial charge in [-0.2, -0.15) is 0 Å². The Morgan fingerprint density at radius 1 is 1.06 bits per heavy atom. The standard InChI is InChI=1S/C25H24ClN3O4S/c1-33-19-12-10-17(11-13-19)5-4-14-27-25(30)18-6-2-7-20(15-18)34(31,32)29-23-9-3-8-21-22(26)16-28-24(21)23/h2-3,6-13,15-16,28-29H,4-5,14H2,1H3,(H,27,30). The number of aryl methyl sites for hydroxylation is 1. The van der Waals surface area contributed by atoms with Crippen molar-refractivity contribution >= 4 is 44.1 Å². The van der Waals surface area contributed by atoms with E-state index in [1.54, 1.807) is 43.6 Å². The first-order valence-electron chi connectivity index (χ1n) is 10.7. The van der Waals surface area contributed by atoms with Crippen molar-refractivity contribution in [3.8, 4) is 5.75 Å². The first-order chi connectivity index (χ1) is 16.4. The molecule has 0 spiro atoms. The van der Waals surface area contributed by atoms with Crippen LogP contribution in [0.3, 0.4) is 0 Å². The van der Waals surface area contributed by atoms with Crippen LogP contribution in [-0.4, -0.2) is 33.0 Å². The molecule has 9 heteroatoms. The zero-order valence-electron chi connectivity index (χ0n) is 18.5. The molecular weight excluding hydrogens is 474 g/mol. The molecule has 0 aliphatic carbocycles. The quantitative estimate of drug-likeness (QED) is 0.283. The maximum atomic E-state index is 13.0. The number of para-hydroxylation sites is 1. The van der Waals surface area contributed by atoms with Crippen molar-refractivity contribution in [2.24, 2.45) is 0 Å². The molecule has 4 aromatic rings. The number of aromatic amines is 1. The van der Waals surface area contributed by atoms with Gasteiger partial charge in [-0.3, -0.25) is 9.52 Å². The zero-order valence-corrected chi connectivity index (χ0v) is 20.0. The predicted molar refractivity (Wildman–Crippen MR) is 134 cm³/mol. The summed E-state index contributed by atoms with van der Waals surface area (Å²) in [6.07, 6.45) is 3.15. The van der Waals surface area contributed by atoms with Gasteiger partial charge in [-0.25, -0.2) is 8.42 Å². The van der Waals surface area contributed by atoms with Crippen LogP contribution in [0.25, 0.3) is 10.9 Å². The van der Waals surface area contributed by atoms with Gasteiger partial charge in [0.15, 0.2) is 0 Å². The van der Waals surface area contributed by atoms with E-state index in [0.717, 1.165) is 24.2 Å². The van der Waals surface area contributed by atoms with Gasteiger partial charge >= 0.3 is 0 Å². The van der Waals surface area contributed by atoms with Crippen molar-refractivity contribution in [3.63, 3.8) is 0 Å². The molecule has 0 fully saturated rings. The Bertz CT molecular complexity index is 1420. The van der Waals surface area contributed by atoms with Crippen molar-refractivity contribution in [3.05, 3.63) is 89.1 Å². The second kappa shape index (κ2) is 10.2. The Balaban J connectivity index is 1.39. The molecule has 176 valence electrons. The largest absolute Gasteiger partial charge is 0.497 e. The van der Waals surface area contributed by atoms with Crippen LogP contribution >= 0.6 is 11.6 Å². The van der Waals surface area contributed by atoms with Gasteiger partial charge in [-0.15, -0.1) is 0 Å². The second-order valence-corrected chi connectivity index (χ2v) is 9.80. The summed E-state index contributed by atoms with van der Waals surface area (Å²) in [5.41, 5.74) is 2.38. The van der Waals surface area contributed by atoms with E-state index in [9.17, 15) is 13.2 Å². The highest BCUT2D eigenvalue weighted by Gasteiger charge is 2.18. The van der Waals surface area contributed by atoms with Crippen molar-refractivity contribution in [1.82, 2.24) is 10.3 Å². The van der Waals surface area contributed by atoms with Crippen molar-refractivity contribution in [2.45, 2.75) is 17.7 Å². The van der Waals surface area contributed by atoms with Gasteiger partial charge in [0.05, 0.1) is 28.2 Å². The normalized spacial score (nSPS) is 11.4. The molecule has 1 aromatic heterocycles. The number of anilines is 1. The van der Waals surface area contributed by atoms with Gasteiger partial charge in [-0.05, 0) is 54.8 Å². The summed E-state index contributed by atoms with van der Waals surface area (Å²) in [6, 6.07) is 18.9. The van der Waals surface area contributed by atoms with Gasteiger partial charge in [0, 0.05) is 23.7 Å². The highest BCUT2D eigenvalue weighted by Crippen LogP contribution is 2.30.